The number of nitrogens with one attached hydrogen (secondary N) is 2. The normalized spacial score (nSPS) is 15.1. The topological polar surface area (TPSA) is 110 Å². The number of aromatic nitrogens is 2. The number of nitrogens with zero attached hydrogens (tertiary/aromatic N) is 2. The van der Waals surface area contributed by atoms with Gasteiger partial charge in [-0.15, -0.1) is 0 Å². The lowest BCUT2D eigenvalue weighted by Crippen LogP contribution is -2.35. The Morgan fingerprint density at radius 2 is 1.70 bits per heavy atom. The van der Waals surface area contributed by atoms with E-state index in [1.54, 1.807) is 0 Å². The first kappa shape index (κ1) is 17.7. The summed E-state index contributed by atoms with van der Waals surface area (Å²) < 4.78 is 31.8. The van der Waals surface area contributed by atoms with E-state index < -0.39 is 16.1 Å². The van der Waals surface area contributed by atoms with Gasteiger partial charge in [-0.3, -0.25) is 0 Å². The summed E-state index contributed by atoms with van der Waals surface area (Å²) in [6.07, 6.45) is 6.96. The molecule has 27 heavy (non-hydrogen) atoms. The lowest BCUT2D eigenvalue weighted by molar-refractivity contribution is 0.256. The summed E-state index contributed by atoms with van der Waals surface area (Å²) >= 11 is 0. The Morgan fingerprint density at radius 3 is 2.33 bits per heavy atom. The number of carbonyl (C=O) groups excluding carboxylic acids is 1. The van der Waals surface area contributed by atoms with E-state index in [0.717, 1.165) is 67.7 Å². The number of fused-ring (bicyclic) bond motifs is 2. The third-order valence-electron chi connectivity index (χ3n) is 5.04. The molecule has 1 aromatic heterocycles. The second-order valence-electron chi connectivity index (χ2n) is 6.69. The Bertz CT molecular complexity index is 988. The lowest BCUT2D eigenvalue weighted by Gasteiger charge is -2.16. The van der Waals surface area contributed by atoms with Crippen molar-refractivity contribution in [1.29, 1.82) is 0 Å². The van der Waals surface area contributed by atoms with Gasteiger partial charge in [0, 0.05) is 11.8 Å². The summed E-state index contributed by atoms with van der Waals surface area (Å²) in [4.78, 5) is 20.0. The van der Waals surface area contributed by atoms with Crippen LogP contribution in [0.1, 0.15) is 35.1 Å². The first-order valence-corrected chi connectivity index (χ1v) is 10.3. The highest BCUT2D eigenvalue weighted by molar-refractivity contribution is 7.90. The average Bonchev–Trinajstić information content (AvgIpc) is 3.30. The van der Waals surface area contributed by atoms with Crippen LogP contribution in [-0.2, 0) is 35.7 Å². The molecule has 2 aliphatic carbocycles. The third kappa shape index (κ3) is 3.34. The number of sulfonamides is 1. The molecule has 2 amide bonds. The molecule has 0 saturated carbocycles. The number of urea groups is 1. The number of hydrogen-bond acceptors (Lipinski definition) is 6. The quantitative estimate of drug-likeness (QED) is 0.775. The van der Waals surface area contributed by atoms with Crippen molar-refractivity contribution in [3.8, 4) is 5.88 Å². The van der Waals surface area contributed by atoms with Crippen LogP contribution in [0.25, 0.3) is 0 Å². The number of anilines is 1. The minimum absolute atomic E-state index is 0.101. The average molecular weight is 388 g/mol. The van der Waals surface area contributed by atoms with Gasteiger partial charge in [0.2, 0.25) is 5.88 Å². The molecule has 0 saturated heterocycles. The molecule has 142 valence electrons. The smallest absolute Gasteiger partial charge is 0.333 e. The van der Waals surface area contributed by atoms with Crippen molar-refractivity contribution in [3.63, 3.8) is 0 Å². The maximum atomic E-state index is 12.5. The molecule has 0 atom stereocenters. The van der Waals surface area contributed by atoms with Gasteiger partial charge in [0.1, 0.15) is 6.33 Å². The third-order valence-corrected chi connectivity index (χ3v) is 6.27. The van der Waals surface area contributed by atoms with E-state index in [0.29, 0.717) is 0 Å². The second kappa shape index (κ2) is 6.80. The molecule has 2 aliphatic rings. The summed E-state index contributed by atoms with van der Waals surface area (Å²) in [5.74, 6) is 0.101. The molecule has 1 aromatic carbocycles. The molecular weight excluding hydrogens is 368 g/mol. The van der Waals surface area contributed by atoms with E-state index in [-0.39, 0.29) is 10.9 Å². The lowest BCUT2D eigenvalue weighted by atomic mass is 9.99. The summed E-state index contributed by atoms with van der Waals surface area (Å²) in [5.41, 5.74) is 5.56. The fourth-order valence-corrected chi connectivity index (χ4v) is 4.70. The Kier molecular flexibility index (Phi) is 4.47. The molecular formula is C18H20N4O4S. The van der Waals surface area contributed by atoms with E-state index in [1.807, 2.05) is 4.72 Å². The molecule has 2 aromatic rings. The Morgan fingerprint density at radius 1 is 1.04 bits per heavy atom. The van der Waals surface area contributed by atoms with Crippen LogP contribution < -0.4 is 14.8 Å². The van der Waals surface area contributed by atoms with E-state index >= 15 is 0 Å². The number of aryl methyl sites for hydroxylation is 2. The van der Waals surface area contributed by atoms with Crippen LogP contribution in [0.4, 0.5) is 10.5 Å². The van der Waals surface area contributed by atoms with E-state index in [4.69, 9.17) is 4.74 Å². The van der Waals surface area contributed by atoms with Crippen molar-refractivity contribution in [1.82, 2.24) is 14.7 Å². The molecule has 8 nitrogen and oxygen atoms in total. The number of ether oxygens (including phenoxy) is 1. The molecule has 0 radical (unpaired) electrons. The van der Waals surface area contributed by atoms with Gasteiger partial charge in [0.15, 0.2) is 5.03 Å². The van der Waals surface area contributed by atoms with Gasteiger partial charge in [-0.1, -0.05) is 6.07 Å². The van der Waals surface area contributed by atoms with E-state index in [9.17, 15) is 13.2 Å². The van der Waals surface area contributed by atoms with Crippen LogP contribution in [0.5, 0.6) is 5.88 Å². The van der Waals surface area contributed by atoms with Crippen LogP contribution in [0.15, 0.2) is 23.5 Å². The van der Waals surface area contributed by atoms with Gasteiger partial charge in [0.05, 0.1) is 7.11 Å². The molecule has 1 heterocycles. The number of carbonyl (C=O) groups is 1. The maximum absolute atomic E-state index is 12.5. The monoisotopic (exact) mass is 388 g/mol. The molecule has 0 spiro atoms. The van der Waals surface area contributed by atoms with Gasteiger partial charge < -0.3 is 10.1 Å². The minimum Gasteiger partial charge on any atom is -0.481 e. The Balaban J connectivity index is 1.59. The number of amides is 2. The van der Waals surface area contributed by atoms with Gasteiger partial charge in [-0.05, 0) is 60.8 Å². The van der Waals surface area contributed by atoms with Crippen molar-refractivity contribution in [2.45, 2.75) is 43.6 Å². The number of hydrogen-bond donors (Lipinski definition) is 2. The Hall–Kier alpha value is -2.68. The maximum Gasteiger partial charge on any atom is 0.333 e. The summed E-state index contributed by atoms with van der Waals surface area (Å²) in [7, 11) is -2.76. The predicted molar refractivity (Wildman–Crippen MR) is 98.4 cm³/mol. The zero-order valence-corrected chi connectivity index (χ0v) is 15.7. The number of rotatable bonds is 4. The van der Waals surface area contributed by atoms with Crippen molar-refractivity contribution < 1.29 is 17.9 Å². The van der Waals surface area contributed by atoms with Gasteiger partial charge in [-0.25, -0.2) is 19.5 Å². The first-order chi connectivity index (χ1) is 13.0. The molecule has 4 rings (SSSR count). The second-order valence-corrected chi connectivity index (χ2v) is 8.32. The van der Waals surface area contributed by atoms with Crippen molar-refractivity contribution >= 4 is 21.7 Å². The number of benzene rings is 1. The van der Waals surface area contributed by atoms with Crippen LogP contribution in [0.3, 0.4) is 0 Å². The fourth-order valence-electron chi connectivity index (χ4n) is 3.86. The summed E-state index contributed by atoms with van der Waals surface area (Å²) in [6.45, 7) is 0. The van der Waals surface area contributed by atoms with Crippen molar-refractivity contribution in [2.75, 3.05) is 12.4 Å². The van der Waals surface area contributed by atoms with Crippen LogP contribution in [0, 0.1) is 0 Å². The summed E-state index contributed by atoms with van der Waals surface area (Å²) in [6, 6.07) is 2.62. The van der Waals surface area contributed by atoms with Crippen LogP contribution in [-0.4, -0.2) is 31.5 Å². The highest BCUT2D eigenvalue weighted by atomic mass is 32.2. The van der Waals surface area contributed by atoms with Gasteiger partial charge >= 0.3 is 6.03 Å². The predicted octanol–water partition coefficient (Wildman–Crippen LogP) is 1.97. The SMILES string of the molecule is COc1cc(S(=O)(=O)NC(=O)Nc2c3c(cc4c2CCC4)CCC3)ncn1. The van der Waals surface area contributed by atoms with Crippen LogP contribution in [0.2, 0.25) is 0 Å². The van der Waals surface area contributed by atoms with Crippen molar-refractivity contribution in [3.05, 3.63) is 40.7 Å². The van der Waals surface area contributed by atoms with E-state index in [2.05, 4.69) is 21.4 Å². The van der Waals surface area contributed by atoms with Gasteiger partial charge in [-0.2, -0.15) is 8.42 Å². The Labute approximate surface area is 157 Å². The molecule has 9 heteroatoms. The highest BCUT2D eigenvalue weighted by Crippen LogP contribution is 2.38. The highest BCUT2D eigenvalue weighted by Gasteiger charge is 2.26. The molecule has 2 N–H and O–H groups in total. The number of methoxy groups -OCH3 is 1. The molecule has 0 aliphatic heterocycles. The zero-order valence-electron chi connectivity index (χ0n) is 14.9. The molecule has 0 unspecified atom stereocenters. The molecule has 0 bridgehead atoms. The van der Waals surface area contributed by atoms with Crippen LogP contribution >= 0.6 is 0 Å². The molecule has 0 fully saturated rings. The summed E-state index contributed by atoms with van der Waals surface area (Å²) in [5, 5.41) is 2.47. The first-order valence-electron chi connectivity index (χ1n) is 8.84. The fraction of sp³-hybridized carbons (Fsp3) is 0.389. The van der Waals surface area contributed by atoms with Gasteiger partial charge in [0.25, 0.3) is 10.0 Å². The zero-order chi connectivity index (χ0) is 19.0. The standard InChI is InChI=1S/C18H20N4O4S/c1-26-15-9-16(20-10-19-15)27(24,25)22-18(23)21-17-13-6-2-4-11(13)8-12-5-3-7-14(12)17/h8-10H,2-7H2,1H3,(H2,21,22,23). The minimum atomic E-state index is -4.13. The van der Waals surface area contributed by atoms with E-state index in [1.165, 1.54) is 18.2 Å². The largest absolute Gasteiger partial charge is 0.481 e. The van der Waals surface area contributed by atoms with Crippen molar-refractivity contribution in [2.24, 2.45) is 0 Å².